The molecule has 148 valence electrons. The first-order valence-electron chi connectivity index (χ1n) is 8.59. The number of aliphatic hydroxyl groups is 1. The van der Waals surface area contributed by atoms with Gasteiger partial charge in [0.1, 0.15) is 5.51 Å². The fourth-order valence-corrected chi connectivity index (χ4v) is 4.40. The van der Waals surface area contributed by atoms with E-state index in [9.17, 15) is 19.8 Å². The normalized spacial score (nSPS) is 16.5. The van der Waals surface area contributed by atoms with Gasteiger partial charge in [-0.3, -0.25) is 14.5 Å². The van der Waals surface area contributed by atoms with Crippen LogP contribution in [0.25, 0.3) is 0 Å². The molecular formula is C19H15N3O5S2. The zero-order valence-electron chi connectivity index (χ0n) is 15.1. The summed E-state index contributed by atoms with van der Waals surface area (Å²) in [5.74, 6) is -1.67. The molecule has 10 heteroatoms. The number of Topliss-reactive ketones (excluding diaryl/α,β-unsaturated/α-hetero) is 1. The minimum Gasteiger partial charge on any atom is -0.504 e. The summed E-state index contributed by atoms with van der Waals surface area (Å²) in [6.07, 6.45) is 0. The van der Waals surface area contributed by atoms with Gasteiger partial charge in [0.2, 0.25) is 10.9 Å². The number of carbonyl (C=O) groups is 2. The van der Waals surface area contributed by atoms with E-state index in [4.69, 9.17) is 4.74 Å². The van der Waals surface area contributed by atoms with E-state index >= 15 is 0 Å². The summed E-state index contributed by atoms with van der Waals surface area (Å²) in [4.78, 5) is 27.6. The number of ketones is 1. The van der Waals surface area contributed by atoms with Crippen LogP contribution in [0.1, 0.15) is 28.2 Å². The van der Waals surface area contributed by atoms with E-state index in [1.54, 1.807) is 36.6 Å². The summed E-state index contributed by atoms with van der Waals surface area (Å²) < 4.78 is 5.44. The second kappa shape index (κ2) is 7.64. The van der Waals surface area contributed by atoms with Crippen LogP contribution >= 0.6 is 22.7 Å². The Kier molecular flexibility index (Phi) is 5.03. The van der Waals surface area contributed by atoms with E-state index in [2.05, 4.69) is 10.2 Å². The van der Waals surface area contributed by atoms with E-state index in [1.165, 1.54) is 27.8 Å². The Bertz CT molecular complexity index is 1090. The van der Waals surface area contributed by atoms with Crippen molar-refractivity contribution in [1.82, 2.24) is 10.2 Å². The number of aromatic hydroxyl groups is 1. The summed E-state index contributed by atoms with van der Waals surface area (Å²) in [6.45, 7) is 2.10. The Labute approximate surface area is 173 Å². The molecule has 1 aliphatic rings. The van der Waals surface area contributed by atoms with E-state index in [-0.39, 0.29) is 22.2 Å². The highest BCUT2D eigenvalue weighted by Gasteiger charge is 2.46. The highest BCUT2D eigenvalue weighted by molar-refractivity contribution is 7.13. The van der Waals surface area contributed by atoms with Gasteiger partial charge in [-0.25, -0.2) is 0 Å². The van der Waals surface area contributed by atoms with E-state index in [1.807, 2.05) is 0 Å². The number of nitrogens with zero attached hydrogens (tertiary/aromatic N) is 3. The molecule has 3 aromatic rings. The van der Waals surface area contributed by atoms with Gasteiger partial charge in [0.05, 0.1) is 23.1 Å². The zero-order chi connectivity index (χ0) is 20.5. The Morgan fingerprint density at radius 2 is 2.10 bits per heavy atom. The number of carbonyl (C=O) groups excluding carboxylic acids is 2. The fraction of sp³-hybridized carbons (Fsp3) is 0.158. The second-order valence-electron chi connectivity index (χ2n) is 6.03. The Balaban J connectivity index is 1.88. The highest BCUT2D eigenvalue weighted by Crippen LogP contribution is 2.44. The molecule has 0 fully saturated rings. The van der Waals surface area contributed by atoms with Gasteiger partial charge in [0, 0.05) is 0 Å². The Morgan fingerprint density at radius 3 is 2.76 bits per heavy atom. The number of aliphatic hydroxyl groups excluding tert-OH is 1. The topological polar surface area (TPSA) is 113 Å². The van der Waals surface area contributed by atoms with Crippen molar-refractivity contribution in [2.45, 2.75) is 13.0 Å². The number of hydrogen-bond donors (Lipinski definition) is 2. The number of rotatable bonds is 6. The van der Waals surface area contributed by atoms with Crippen molar-refractivity contribution in [3.8, 4) is 11.5 Å². The van der Waals surface area contributed by atoms with Crippen LogP contribution in [-0.4, -0.2) is 38.7 Å². The number of thiophene rings is 1. The number of phenolic OH excluding ortho intramolecular Hbond substituents is 1. The van der Waals surface area contributed by atoms with E-state index in [0.717, 1.165) is 11.3 Å². The van der Waals surface area contributed by atoms with Crippen molar-refractivity contribution >= 4 is 39.5 Å². The number of aromatic nitrogens is 2. The number of phenols is 1. The lowest BCUT2D eigenvalue weighted by Crippen LogP contribution is -2.31. The van der Waals surface area contributed by atoms with E-state index < -0.39 is 23.5 Å². The maximum absolute atomic E-state index is 13.1. The third kappa shape index (κ3) is 3.26. The molecule has 3 heterocycles. The SMILES string of the molecule is CCOc1cc(C2C(C(=O)c3cccs3)=C(O)C(=O)N2c2nncs2)ccc1O. The standard InChI is InChI=1S/C19H15N3O5S2/c1-2-27-12-8-10(5-6-11(12)23)15-14(16(24)13-4-3-7-28-13)17(25)18(26)22(15)19-21-20-9-29-19/h3-9,15,23,25H,2H2,1H3. The second-order valence-corrected chi connectivity index (χ2v) is 7.79. The van der Waals surface area contributed by atoms with Gasteiger partial charge in [0.25, 0.3) is 5.91 Å². The van der Waals surface area contributed by atoms with Gasteiger partial charge in [-0.2, -0.15) is 0 Å². The monoisotopic (exact) mass is 429 g/mol. The summed E-state index contributed by atoms with van der Waals surface area (Å²) in [5, 5.41) is 30.3. The number of amides is 1. The molecular weight excluding hydrogens is 414 g/mol. The van der Waals surface area contributed by atoms with Crippen molar-refractivity contribution in [3.63, 3.8) is 0 Å². The first-order chi connectivity index (χ1) is 14.0. The molecule has 0 aliphatic carbocycles. The van der Waals surface area contributed by atoms with Crippen molar-refractivity contribution in [1.29, 1.82) is 0 Å². The van der Waals surface area contributed by atoms with Crippen molar-refractivity contribution in [3.05, 3.63) is 63.0 Å². The molecule has 0 bridgehead atoms. The average Bonchev–Trinajstić information content (AvgIpc) is 3.46. The van der Waals surface area contributed by atoms with Crippen molar-refractivity contribution in [2.75, 3.05) is 11.5 Å². The maximum Gasteiger partial charge on any atom is 0.296 e. The summed E-state index contributed by atoms with van der Waals surface area (Å²) in [7, 11) is 0. The Hall–Kier alpha value is -3.24. The van der Waals surface area contributed by atoms with Crippen LogP contribution < -0.4 is 9.64 Å². The minimum absolute atomic E-state index is 0.0548. The van der Waals surface area contributed by atoms with Crippen LogP contribution in [0.15, 0.2) is 52.6 Å². The average molecular weight is 429 g/mol. The van der Waals surface area contributed by atoms with Crippen molar-refractivity contribution in [2.24, 2.45) is 0 Å². The lowest BCUT2D eigenvalue weighted by Gasteiger charge is -2.24. The predicted octanol–water partition coefficient (Wildman–Crippen LogP) is 3.49. The molecule has 1 atom stereocenters. The molecule has 1 aromatic carbocycles. The summed E-state index contributed by atoms with van der Waals surface area (Å²) in [5.41, 5.74) is 1.89. The maximum atomic E-state index is 13.1. The quantitative estimate of drug-likeness (QED) is 0.577. The molecule has 0 saturated carbocycles. The van der Waals surface area contributed by atoms with Gasteiger partial charge in [0.15, 0.2) is 17.3 Å². The summed E-state index contributed by atoms with van der Waals surface area (Å²) in [6, 6.07) is 6.95. The summed E-state index contributed by atoms with van der Waals surface area (Å²) >= 11 is 2.33. The molecule has 1 aliphatic heterocycles. The molecule has 29 heavy (non-hydrogen) atoms. The Morgan fingerprint density at radius 1 is 1.28 bits per heavy atom. The molecule has 2 N–H and O–H groups in total. The number of anilines is 1. The largest absolute Gasteiger partial charge is 0.504 e. The predicted molar refractivity (Wildman–Crippen MR) is 108 cm³/mol. The first kappa shape index (κ1) is 19.1. The van der Waals surface area contributed by atoms with Crippen LogP contribution in [0.2, 0.25) is 0 Å². The van der Waals surface area contributed by atoms with Gasteiger partial charge in [-0.1, -0.05) is 23.5 Å². The van der Waals surface area contributed by atoms with Crippen LogP contribution in [-0.2, 0) is 4.79 Å². The number of hydrogen-bond acceptors (Lipinski definition) is 9. The fourth-order valence-electron chi connectivity index (χ4n) is 3.13. The van der Waals surface area contributed by atoms with Crippen LogP contribution in [0.4, 0.5) is 5.13 Å². The van der Waals surface area contributed by atoms with Gasteiger partial charge in [-0.05, 0) is 36.1 Å². The van der Waals surface area contributed by atoms with Gasteiger partial charge >= 0.3 is 0 Å². The molecule has 0 spiro atoms. The smallest absolute Gasteiger partial charge is 0.296 e. The molecule has 1 unspecified atom stereocenters. The lowest BCUT2D eigenvalue weighted by molar-refractivity contribution is -0.117. The minimum atomic E-state index is -0.940. The van der Waals surface area contributed by atoms with Gasteiger partial charge < -0.3 is 14.9 Å². The number of ether oxygens (including phenoxy) is 1. The molecule has 0 radical (unpaired) electrons. The molecule has 2 aromatic heterocycles. The van der Waals surface area contributed by atoms with Crippen LogP contribution in [0, 0.1) is 0 Å². The molecule has 0 saturated heterocycles. The first-order valence-corrected chi connectivity index (χ1v) is 10.4. The van der Waals surface area contributed by atoms with Crippen LogP contribution in [0.5, 0.6) is 11.5 Å². The van der Waals surface area contributed by atoms with Gasteiger partial charge in [-0.15, -0.1) is 21.5 Å². The number of benzene rings is 1. The molecule has 8 nitrogen and oxygen atoms in total. The van der Waals surface area contributed by atoms with E-state index in [0.29, 0.717) is 17.0 Å². The highest BCUT2D eigenvalue weighted by atomic mass is 32.1. The lowest BCUT2D eigenvalue weighted by atomic mass is 9.95. The molecule has 1 amide bonds. The third-order valence-corrected chi connectivity index (χ3v) is 5.91. The van der Waals surface area contributed by atoms with Crippen molar-refractivity contribution < 1.29 is 24.5 Å². The third-order valence-electron chi connectivity index (χ3n) is 4.35. The molecule has 4 rings (SSSR count). The zero-order valence-corrected chi connectivity index (χ0v) is 16.7. The van der Waals surface area contributed by atoms with Crippen LogP contribution in [0.3, 0.4) is 0 Å².